The molecule has 0 N–H and O–H groups in total. The zero-order valence-corrected chi connectivity index (χ0v) is 13.3. The summed E-state index contributed by atoms with van der Waals surface area (Å²) in [4.78, 5) is 25.0. The van der Waals surface area contributed by atoms with Gasteiger partial charge in [-0.3, -0.25) is 4.79 Å². The number of hydrogen-bond acceptors (Lipinski definition) is 5. The smallest absolute Gasteiger partial charge is 0.340 e. The van der Waals surface area contributed by atoms with Crippen LogP contribution in [0.1, 0.15) is 24.2 Å². The summed E-state index contributed by atoms with van der Waals surface area (Å²) in [5.41, 5.74) is -0.0576. The van der Waals surface area contributed by atoms with Crippen LogP contribution in [0.15, 0.2) is 29.2 Å². The molecule has 0 saturated carbocycles. The Bertz CT molecular complexity index is 637. The average molecular weight is 313 g/mol. The van der Waals surface area contributed by atoms with Gasteiger partial charge in [0.05, 0.1) is 16.2 Å². The van der Waals surface area contributed by atoms with E-state index >= 15 is 0 Å². The molecule has 0 saturated heterocycles. The van der Waals surface area contributed by atoms with Crippen molar-refractivity contribution in [3.05, 3.63) is 29.8 Å². The molecule has 1 aromatic rings. The van der Waals surface area contributed by atoms with Crippen LogP contribution in [0.5, 0.6) is 0 Å². The highest BCUT2D eigenvalue weighted by molar-refractivity contribution is 7.91. The van der Waals surface area contributed by atoms with Gasteiger partial charge in [-0.1, -0.05) is 19.1 Å². The molecule has 6 nitrogen and oxygen atoms in total. The van der Waals surface area contributed by atoms with Crippen LogP contribution in [-0.4, -0.2) is 51.1 Å². The molecule has 0 bridgehead atoms. The fraction of sp³-hybridized carbons (Fsp3) is 0.429. The number of likely N-dealkylation sites (N-methyl/N-ethyl adjacent to an activating group) is 1. The van der Waals surface area contributed by atoms with E-state index in [1.165, 1.54) is 36.9 Å². The molecule has 0 spiro atoms. The molecule has 1 aromatic carbocycles. The van der Waals surface area contributed by atoms with Crippen molar-refractivity contribution in [1.29, 1.82) is 0 Å². The van der Waals surface area contributed by atoms with Crippen LogP contribution in [0, 0.1) is 0 Å². The lowest BCUT2D eigenvalue weighted by atomic mass is 10.2. The number of hydrogen-bond donors (Lipinski definition) is 0. The van der Waals surface area contributed by atoms with Crippen LogP contribution in [0.3, 0.4) is 0 Å². The predicted molar refractivity (Wildman–Crippen MR) is 77.7 cm³/mol. The van der Waals surface area contributed by atoms with Gasteiger partial charge in [0.25, 0.3) is 5.91 Å². The van der Waals surface area contributed by atoms with Crippen molar-refractivity contribution in [3.63, 3.8) is 0 Å². The second-order valence-electron chi connectivity index (χ2n) is 4.68. The second kappa shape index (κ2) is 6.71. The normalized spacial score (nSPS) is 12.6. The van der Waals surface area contributed by atoms with E-state index in [4.69, 9.17) is 4.74 Å². The monoisotopic (exact) mass is 313 g/mol. The van der Waals surface area contributed by atoms with E-state index in [2.05, 4.69) is 0 Å². The largest absolute Gasteiger partial charge is 0.449 e. The molecule has 1 amide bonds. The standard InChI is InChI=1S/C14H19NO5S/c1-5-21(18,19)12-9-7-6-8-11(12)14(17)20-10(2)13(16)15(3)4/h6-10H,5H2,1-4H3/t10-/m0/s1. The van der Waals surface area contributed by atoms with Gasteiger partial charge in [-0.25, -0.2) is 13.2 Å². The molecule has 0 unspecified atom stereocenters. The van der Waals surface area contributed by atoms with Gasteiger partial charge in [-0.05, 0) is 19.1 Å². The first-order valence-corrected chi connectivity index (χ1v) is 8.09. The van der Waals surface area contributed by atoms with Crippen LogP contribution in [0.4, 0.5) is 0 Å². The Balaban J connectivity index is 3.07. The molecule has 21 heavy (non-hydrogen) atoms. The molecule has 1 atom stereocenters. The number of ether oxygens (including phenoxy) is 1. The first-order valence-electron chi connectivity index (χ1n) is 6.44. The summed E-state index contributed by atoms with van der Waals surface area (Å²) in [6.45, 7) is 2.94. The lowest BCUT2D eigenvalue weighted by molar-refractivity contribution is -0.137. The van der Waals surface area contributed by atoms with Gasteiger partial charge >= 0.3 is 5.97 Å². The Morgan fingerprint density at radius 1 is 1.24 bits per heavy atom. The molecule has 1 rings (SSSR count). The van der Waals surface area contributed by atoms with Crippen molar-refractivity contribution in [1.82, 2.24) is 4.90 Å². The van der Waals surface area contributed by atoms with Crippen LogP contribution >= 0.6 is 0 Å². The van der Waals surface area contributed by atoms with Gasteiger partial charge in [0.2, 0.25) is 0 Å². The number of rotatable bonds is 5. The third-order valence-electron chi connectivity index (χ3n) is 2.89. The summed E-state index contributed by atoms with van der Waals surface area (Å²) in [6, 6.07) is 5.81. The number of amides is 1. The number of carbonyl (C=O) groups excluding carboxylic acids is 2. The Morgan fingerprint density at radius 2 is 1.81 bits per heavy atom. The molecule has 0 fully saturated rings. The summed E-state index contributed by atoms with van der Waals surface area (Å²) in [7, 11) is -0.455. The van der Waals surface area contributed by atoms with E-state index in [1.807, 2.05) is 0 Å². The van der Waals surface area contributed by atoms with Crippen LogP contribution < -0.4 is 0 Å². The zero-order valence-electron chi connectivity index (χ0n) is 12.5. The first-order chi connectivity index (χ1) is 9.70. The number of sulfone groups is 1. The van der Waals surface area contributed by atoms with Crippen molar-refractivity contribution < 1.29 is 22.7 Å². The summed E-state index contributed by atoms with van der Waals surface area (Å²) in [6.07, 6.45) is -0.982. The van der Waals surface area contributed by atoms with Gasteiger partial charge in [-0.15, -0.1) is 0 Å². The SMILES string of the molecule is CCS(=O)(=O)c1ccccc1C(=O)O[C@@H](C)C(=O)N(C)C. The third-order valence-corrected chi connectivity index (χ3v) is 4.68. The highest BCUT2D eigenvalue weighted by Gasteiger charge is 2.25. The lowest BCUT2D eigenvalue weighted by Crippen LogP contribution is -2.35. The van der Waals surface area contributed by atoms with E-state index in [9.17, 15) is 18.0 Å². The lowest BCUT2D eigenvalue weighted by Gasteiger charge is -2.18. The quantitative estimate of drug-likeness (QED) is 0.761. The zero-order chi connectivity index (χ0) is 16.2. The molecule has 0 heterocycles. The maximum atomic E-state index is 12.1. The van der Waals surface area contributed by atoms with Gasteiger partial charge in [-0.2, -0.15) is 0 Å². The minimum Gasteiger partial charge on any atom is -0.449 e. The molecule has 7 heteroatoms. The van der Waals surface area contributed by atoms with Crippen molar-refractivity contribution in [2.75, 3.05) is 19.8 Å². The van der Waals surface area contributed by atoms with Gasteiger partial charge in [0.15, 0.2) is 15.9 Å². The number of carbonyl (C=O) groups is 2. The molecule has 0 aromatic heterocycles. The fourth-order valence-corrected chi connectivity index (χ4v) is 2.78. The minimum absolute atomic E-state index is 0.0576. The minimum atomic E-state index is -3.54. The van der Waals surface area contributed by atoms with Gasteiger partial charge in [0, 0.05) is 14.1 Å². The average Bonchev–Trinajstić information content (AvgIpc) is 2.46. The van der Waals surface area contributed by atoms with Gasteiger partial charge in [0.1, 0.15) is 0 Å². The van der Waals surface area contributed by atoms with E-state index in [1.54, 1.807) is 20.2 Å². The summed E-state index contributed by atoms with van der Waals surface area (Å²) in [5, 5.41) is 0. The fourth-order valence-electron chi connectivity index (χ4n) is 1.70. The second-order valence-corrected chi connectivity index (χ2v) is 6.93. The first kappa shape index (κ1) is 17.2. The summed E-state index contributed by atoms with van der Waals surface area (Å²) >= 11 is 0. The Kier molecular flexibility index (Phi) is 5.48. The van der Waals surface area contributed by atoms with Crippen LogP contribution in [-0.2, 0) is 19.4 Å². The number of benzene rings is 1. The van der Waals surface area contributed by atoms with E-state index < -0.39 is 21.9 Å². The highest BCUT2D eigenvalue weighted by Crippen LogP contribution is 2.18. The van der Waals surface area contributed by atoms with Crippen molar-refractivity contribution in [3.8, 4) is 0 Å². The van der Waals surface area contributed by atoms with E-state index in [-0.39, 0.29) is 22.1 Å². The molecule has 0 aliphatic heterocycles. The van der Waals surface area contributed by atoms with E-state index in [0.717, 1.165) is 0 Å². The Labute approximate surface area is 124 Å². The molecule has 116 valence electrons. The van der Waals surface area contributed by atoms with Crippen molar-refractivity contribution >= 4 is 21.7 Å². The number of esters is 1. The molecule has 0 aliphatic carbocycles. The Hall–Kier alpha value is -1.89. The van der Waals surface area contributed by atoms with Crippen molar-refractivity contribution in [2.24, 2.45) is 0 Å². The summed E-state index contributed by atoms with van der Waals surface area (Å²) < 4.78 is 29.0. The molecular formula is C14H19NO5S. The van der Waals surface area contributed by atoms with Crippen LogP contribution in [0.2, 0.25) is 0 Å². The van der Waals surface area contributed by atoms with Crippen LogP contribution in [0.25, 0.3) is 0 Å². The van der Waals surface area contributed by atoms with Gasteiger partial charge < -0.3 is 9.64 Å². The molecule has 0 radical (unpaired) electrons. The van der Waals surface area contributed by atoms with Crippen molar-refractivity contribution in [2.45, 2.75) is 24.8 Å². The molecule has 0 aliphatic rings. The topological polar surface area (TPSA) is 80.7 Å². The maximum absolute atomic E-state index is 12.1. The number of nitrogens with zero attached hydrogens (tertiary/aromatic N) is 1. The highest BCUT2D eigenvalue weighted by atomic mass is 32.2. The third kappa shape index (κ3) is 4.04. The Morgan fingerprint density at radius 3 is 2.33 bits per heavy atom. The predicted octanol–water partition coefficient (Wildman–Crippen LogP) is 1.11. The summed E-state index contributed by atoms with van der Waals surface area (Å²) in [5.74, 6) is -1.33. The molecular weight excluding hydrogens is 294 g/mol. The maximum Gasteiger partial charge on any atom is 0.340 e. The van der Waals surface area contributed by atoms with E-state index in [0.29, 0.717) is 0 Å².